The van der Waals surface area contributed by atoms with E-state index in [1.54, 1.807) is 24.3 Å². The summed E-state index contributed by atoms with van der Waals surface area (Å²) in [6.07, 6.45) is 6.97. The van der Waals surface area contributed by atoms with Crippen molar-refractivity contribution >= 4 is 27.8 Å². The summed E-state index contributed by atoms with van der Waals surface area (Å²) in [5, 5.41) is 8.24. The molecule has 0 spiro atoms. The molecule has 0 aliphatic heterocycles. The predicted molar refractivity (Wildman–Crippen MR) is 82.5 cm³/mol. The van der Waals surface area contributed by atoms with Gasteiger partial charge in [-0.15, -0.1) is 0 Å². The van der Waals surface area contributed by atoms with Crippen LogP contribution in [0, 0.1) is 0 Å². The van der Waals surface area contributed by atoms with Gasteiger partial charge in [0, 0.05) is 11.8 Å². The van der Waals surface area contributed by atoms with Crippen LogP contribution in [0.1, 0.15) is 37.7 Å². The maximum Gasteiger partial charge on any atom is 0.328 e. The van der Waals surface area contributed by atoms with E-state index in [9.17, 15) is 13.2 Å². The number of sulfonamides is 1. The van der Waals surface area contributed by atoms with Crippen LogP contribution in [0.4, 0.5) is 5.69 Å². The quantitative estimate of drug-likeness (QED) is 0.819. The average Bonchev–Trinajstić information content (AvgIpc) is 2.47. The molecule has 0 amide bonds. The van der Waals surface area contributed by atoms with Gasteiger partial charge in [-0.25, -0.2) is 13.2 Å². The number of nitrogens with one attached hydrogen (secondary N) is 1. The van der Waals surface area contributed by atoms with Gasteiger partial charge in [0.2, 0.25) is 10.0 Å². The third kappa shape index (κ3) is 4.60. The lowest BCUT2D eigenvalue weighted by molar-refractivity contribution is -0.131. The summed E-state index contributed by atoms with van der Waals surface area (Å²) in [4.78, 5) is 10.4. The van der Waals surface area contributed by atoms with Gasteiger partial charge in [0.05, 0.1) is 5.25 Å². The lowest BCUT2D eigenvalue weighted by Gasteiger charge is -2.22. The second-order valence-electron chi connectivity index (χ2n) is 5.20. The maximum atomic E-state index is 12.3. The van der Waals surface area contributed by atoms with E-state index in [0.717, 1.165) is 38.2 Å². The van der Waals surface area contributed by atoms with Gasteiger partial charge >= 0.3 is 5.97 Å². The molecule has 0 radical (unpaired) electrons. The van der Waals surface area contributed by atoms with Crippen LogP contribution in [0.5, 0.6) is 0 Å². The molecule has 1 aromatic carbocycles. The Bertz CT molecular complexity index is 614. The third-order valence-corrected chi connectivity index (χ3v) is 5.45. The zero-order valence-electron chi connectivity index (χ0n) is 11.7. The molecule has 0 saturated heterocycles. The van der Waals surface area contributed by atoms with Crippen molar-refractivity contribution in [2.75, 3.05) is 4.72 Å². The van der Waals surface area contributed by atoms with Gasteiger partial charge in [0.25, 0.3) is 0 Å². The fourth-order valence-corrected chi connectivity index (χ4v) is 4.04. The van der Waals surface area contributed by atoms with Crippen molar-refractivity contribution in [2.24, 2.45) is 0 Å². The summed E-state index contributed by atoms with van der Waals surface area (Å²) in [7, 11) is -3.34. The summed E-state index contributed by atoms with van der Waals surface area (Å²) in [6.45, 7) is 0. The highest BCUT2D eigenvalue weighted by Gasteiger charge is 2.26. The predicted octanol–water partition coefficient (Wildman–Crippen LogP) is 2.86. The Morgan fingerprint density at radius 3 is 2.33 bits per heavy atom. The van der Waals surface area contributed by atoms with E-state index in [1.165, 1.54) is 6.08 Å². The molecular weight excluding hydrogens is 290 g/mol. The Labute approximate surface area is 124 Å². The van der Waals surface area contributed by atoms with Crippen molar-refractivity contribution in [3.8, 4) is 0 Å². The van der Waals surface area contributed by atoms with Crippen LogP contribution in [0.3, 0.4) is 0 Å². The normalized spacial score (nSPS) is 17.0. The van der Waals surface area contributed by atoms with Crippen molar-refractivity contribution in [2.45, 2.75) is 37.4 Å². The Hall–Kier alpha value is -1.82. The number of carbonyl (C=O) groups is 1. The monoisotopic (exact) mass is 309 g/mol. The second-order valence-corrected chi connectivity index (χ2v) is 7.16. The van der Waals surface area contributed by atoms with Gasteiger partial charge in [-0.3, -0.25) is 4.72 Å². The Balaban J connectivity index is 2.04. The number of carboxylic acid groups (broad SMARTS) is 1. The molecule has 0 bridgehead atoms. The highest BCUT2D eigenvalue weighted by atomic mass is 32.2. The topological polar surface area (TPSA) is 83.5 Å². The van der Waals surface area contributed by atoms with Crippen LogP contribution in [0.2, 0.25) is 0 Å². The number of hydrogen-bond acceptors (Lipinski definition) is 3. The van der Waals surface area contributed by atoms with E-state index >= 15 is 0 Å². The van der Waals surface area contributed by atoms with Crippen molar-refractivity contribution < 1.29 is 18.3 Å². The molecule has 0 unspecified atom stereocenters. The van der Waals surface area contributed by atoms with Crippen molar-refractivity contribution in [3.05, 3.63) is 35.9 Å². The van der Waals surface area contributed by atoms with E-state index in [1.807, 2.05) is 0 Å². The number of anilines is 1. The number of benzene rings is 1. The molecule has 1 aromatic rings. The molecule has 21 heavy (non-hydrogen) atoms. The third-order valence-electron chi connectivity index (χ3n) is 3.58. The number of carboxylic acids is 1. The molecule has 0 heterocycles. The van der Waals surface area contributed by atoms with E-state index in [4.69, 9.17) is 5.11 Å². The molecule has 114 valence electrons. The Morgan fingerprint density at radius 1 is 1.14 bits per heavy atom. The van der Waals surface area contributed by atoms with Gasteiger partial charge in [-0.2, -0.15) is 0 Å². The van der Waals surface area contributed by atoms with E-state index in [-0.39, 0.29) is 5.25 Å². The van der Waals surface area contributed by atoms with Crippen LogP contribution >= 0.6 is 0 Å². The molecule has 0 atom stereocenters. The number of hydrogen-bond donors (Lipinski definition) is 2. The fraction of sp³-hybridized carbons (Fsp3) is 0.400. The van der Waals surface area contributed by atoms with Gasteiger partial charge in [-0.1, -0.05) is 31.4 Å². The minimum atomic E-state index is -3.34. The van der Waals surface area contributed by atoms with Gasteiger partial charge < -0.3 is 5.11 Å². The van der Waals surface area contributed by atoms with Crippen molar-refractivity contribution in [1.82, 2.24) is 0 Å². The minimum Gasteiger partial charge on any atom is -0.478 e. The smallest absolute Gasteiger partial charge is 0.328 e. The van der Waals surface area contributed by atoms with Crippen LogP contribution in [-0.2, 0) is 14.8 Å². The SMILES string of the molecule is O=C(O)/C=C/c1ccc(NS(=O)(=O)C2CCCCC2)cc1. The minimum absolute atomic E-state index is 0.308. The molecule has 6 heteroatoms. The summed E-state index contributed by atoms with van der Waals surface area (Å²) < 4.78 is 27.1. The highest BCUT2D eigenvalue weighted by Crippen LogP contribution is 2.25. The first kappa shape index (κ1) is 15.6. The largest absolute Gasteiger partial charge is 0.478 e. The Morgan fingerprint density at radius 2 is 1.76 bits per heavy atom. The van der Waals surface area contributed by atoms with Gasteiger partial charge in [0.15, 0.2) is 0 Å². The standard InChI is InChI=1S/C15H19NO4S/c17-15(18)11-8-12-6-9-13(10-7-12)16-21(19,20)14-4-2-1-3-5-14/h6-11,14,16H,1-5H2,(H,17,18)/b11-8+. The molecule has 1 aliphatic rings. The first-order chi connectivity index (χ1) is 9.97. The summed E-state index contributed by atoms with van der Waals surface area (Å²) >= 11 is 0. The highest BCUT2D eigenvalue weighted by molar-refractivity contribution is 7.93. The van der Waals surface area contributed by atoms with Crippen molar-refractivity contribution in [1.29, 1.82) is 0 Å². The average molecular weight is 309 g/mol. The first-order valence-electron chi connectivity index (χ1n) is 7.00. The lowest BCUT2D eigenvalue weighted by atomic mass is 10.0. The van der Waals surface area contributed by atoms with Gasteiger partial charge in [0.1, 0.15) is 0 Å². The fourth-order valence-electron chi connectivity index (χ4n) is 2.45. The molecule has 5 nitrogen and oxygen atoms in total. The van der Waals surface area contributed by atoms with E-state index in [0.29, 0.717) is 11.3 Å². The molecule has 1 saturated carbocycles. The molecule has 2 rings (SSSR count). The van der Waals surface area contributed by atoms with Crippen LogP contribution in [0.25, 0.3) is 6.08 Å². The summed E-state index contributed by atoms with van der Waals surface area (Å²) in [6, 6.07) is 6.64. The van der Waals surface area contributed by atoms with Crippen molar-refractivity contribution in [3.63, 3.8) is 0 Å². The maximum absolute atomic E-state index is 12.3. The zero-order chi connectivity index (χ0) is 15.3. The summed E-state index contributed by atoms with van der Waals surface area (Å²) in [5.74, 6) is -1.02. The first-order valence-corrected chi connectivity index (χ1v) is 8.55. The molecule has 1 fully saturated rings. The molecular formula is C15H19NO4S. The van der Waals surface area contributed by atoms with Crippen LogP contribution < -0.4 is 4.72 Å². The second kappa shape index (κ2) is 6.76. The molecule has 2 N–H and O–H groups in total. The Kier molecular flexibility index (Phi) is 5.01. The number of rotatable bonds is 5. The van der Waals surface area contributed by atoms with Crippen LogP contribution in [-0.4, -0.2) is 24.7 Å². The lowest BCUT2D eigenvalue weighted by Crippen LogP contribution is -2.29. The van der Waals surface area contributed by atoms with E-state index < -0.39 is 16.0 Å². The zero-order valence-corrected chi connectivity index (χ0v) is 12.5. The molecule has 1 aliphatic carbocycles. The van der Waals surface area contributed by atoms with Gasteiger partial charge in [-0.05, 0) is 36.6 Å². The number of aliphatic carboxylic acids is 1. The molecule has 0 aromatic heterocycles. The van der Waals surface area contributed by atoms with E-state index in [2.05, 4.69) is 4.72 Å². The summed E-state index contributed by atoms with van der Waals surface area (Å²) in [5.41, 5.74) is 1.21. The van der Waals surface area contributed by atoms with Crippen LogP contribution in [0.15, 0.2) is 30.3 Å².